The zero-order chi connectivity index (χ0) is 16.2. The Kier molecular flexibility index (Phi) is 3.64. The summed E-state index contributed by atoms with van der Waals surface area (Å²) in [5, 5.41) is 29.9. The number of halogens is 1. The van der Waals surface area contributed by atoms with E-state index in [1.165, 1.54) is 11.5 Å². The lowest BCUT2D eigenvalue weighted by Crippen LogP contribution is -2.44. The summed E-state index contributed by atoms with van der Waals surface area (Å²) in [6.07, 6.45) is -3.35. The number of aromatic nitrogens is 4. The van der Waals surface area contributed by atoms with Gasteiger partial charge in [0.2, 0.25) is 5.95 Å². The van der Waals surface area contributed by atoms with Crippen molar-refractivity contribution in [1.29, 1.82) is 0 Å². The first-order valence-electron chi connectivity index (χ1n) is 6.37. The summed E-state index contributed by atoms with van der Waals surface area (Å²) >= 11 is 1.86. The number of aliphatic hydroxyl groups is 3. The Morgan fingerprint density at radius 1 is 1.55 bits per heavy atom. The number of imidazole rings is 1. The largest absolute Gasteiger partial charge is 0.394 e. The Labute approximate surface area is 137 Å². The van der Waals surface area contributed by atoms with Crippen LogP contribution in [0.3, 0.4) is 0 Å². The molecule has 0 saturated carbocycles. The third-order valence-electron chi connectivity index (χ3n) is 3.69. The minimum Gasteiger partial charge on any atom is -0.394 e. The van der Waals surface area contributed by atoms with Gasteiger partial charge in [-0.3, -0.25) is 14.3 Å². The summed E-state index contributed by atoms with van der Waals surface area (Å²) in [6.45, 7) is 0.906. The number of ether oxygens (including phenoxy) is 1. The van der Waals surface area contributed by atoms with Crippen molar-refractivity contribution < 1.29 is 20.1 Å². The second-order valence-corrected chi connectivity index (χ2v) is 6.22. The molecular formula is C11H14IN5O5. The van der Waals surface area contributed by atoms with Crippen molar-refractivity contribution >= 4 is 39.7 Å². The van der Waals surface area contributed by atoms with E-state index >= 15 is 0 Å². The molecule has 10 nitrogen and oxygen atoms in total. The summed E-state index contributed by atoms with van der Waals surface area (Å²) < 4.78 is 7.23. The minimum absolute atomic E-state index is 0.0416. The van der Waals surface area contributed by atoms with E-state index in [4.69, 9.17) is 10.5 Å². The molecule has 120 valence electrons. The number of nitrogens with two attached hydrogens (primary N) is 1. The maximum absolute atomic E-state index is 11.9. The van der Waals surface area contributed by atoms with Gasteiger partial charge in [0.25, 0.3) is 5.56 Å². The highest BCUT2D eigenvalue weighted by atomic mass is 127. The number of nitrogens with zero attached hydrogens (tertiary/aromatic N) is 3. The molecule has 0 aromatic carbocycles. The van der Waals surface area contributed by atoms with Crippen LogP contribution in [0.15, 0.2) is 4.79 Å². The molecule has 22 heavy (non-hydrogen) atoms. The summed E-state index contributed by atoms with van der Waals surface area (Å²) in [6, 6.07) is 0. The van der Waals surface area contributed by atoms with E-state index < -0.39 is 36.2 Å². The molecule has 0 spiro atoms. The number of rotatable bonds is 2. The molecule has 0 aliphatic carbocycles. The highest BCUT2D eigenvalue weighted by Crippen LogP contribution is 2.40. The lowest BCUT2D eigenvalue weighted by molar-refractivity contribution is -0.0961. The first-order chi connectivity index (χ1) is 10.3. The lowest BCUT2D eigenvalue weighted by atomic mass is 9.96. The van der Waals surface area contributed by atoms with Gasteiger partial charge < -0.3 is 25.8 Å². The standard InChI is InChI=1S/C11H14IN5O5/c1-11(21)5(19)3(2-18)22-8(11)17-6-4(14-9(17)12)7(20)16-10(13)15-6/h3,5,8,18-19,21H,2H2,1H3,(H3,13,15,16,20)/t3-,5-,8-,11-/m1/s1. The molecule has 0 radical (unpaired) electrons. The number of hydrogen-bond donors (Lipinski definition) is 5. The zero-order valence-electron chi connectivity index (χ0n) is 11.4. The quantitative estimate of drug-likeness (QED) is 0.283. The average molecular weight is 423 g/mol. The van der Waals surface area contributed by atoms with Gasteiger partial charge in [0.05, 0.1) is 6.61 Å². The third-order valence-corrected chi connectivity index (χ3v) is 4.46. The number of anilines is 1. The second-order valence-electron chi connectivity index (χ2n) is 5.25. The summed E-state index contributed by atoms with van der Waals surface area (Å²) in [5.74, 6) is -0.105. The number of fused-ring (bicyclic) bond motifs is 1. The average Bonchev–Trinajstić information content (AvgIpc) is 2.86. The monoisotopic (exact) mass is 423 g/mol. The van der Waals surface area contributed by atoms with Gasteiger partial charge in [-0.05, 0) is 6.92 Å². The molecule has 3 heterocycles. The van der Waals surface area contributed by atoms with Crippen molar-refractivity contribution in [2.24, 2.45) is 0 Å². The van der Waals surface area contributed by atoms with E-state index in [0.717, 1.165) is 0 Å². The van der Waals surface area contributed by atoms with Gasteiger partial charge in [0.1, 0.15) is 17.8 Å². The molecule has 6 N–H and O–H groups in total. The molecular weight excluding hydrogens is 409 g/mol. The van der Waals surface area contributed by atoms with Crippen LogP contribution in [-0.4, -0.2) is 59.3 Å². The van der Waals surface area contributed by atoms with Crippen molar-refractivity contribution in [2.45, 2.75) is 31.0 Å². The third kappa shape index (κ3) is 2.11. The smallest absolute Gasteiger partial charge is 0.280 e. The van der Waals surface area contributed by atoms with Gasteiger partial charge in [-0.1, -0.05) is 0 Å². The molecule has 1 aliphatic rings. The SMILES string of the molecule is C[C@@]1(O)[C@H](O)[C@@H](CO)O[C@H]1n1c(I)nc2c(=O)[nH]c(N)nc21. The molecule has 1 fully saturated rings. The number of nitrogens with one attached hydrogen (secondary N) is 1. The molecule has 1 saturated heterocycles. The fourth-order valence-corrected chi connectivity index (χ4v) is 3.27. The highest BCUT2D eigenvalue weighted by Gasteiger charge is 2.53. The van der Waals surface area contributed by atoms with E-state index in [1.54, 1.807) is 0 Å². The van der Waals surface area contributed by atoms with Crippen LogP contribution < -0.4 is 11.3 Å². The number of aliphatic hydroxyl groups excluding tert-OH is 2. The van der Waals surface area contributed by atoms with E-state index in [9.17, 15) is 20.1 Å². The Morgan fingerprint density at radius 2 is 2.23 bits per heavy atom. The van der Waals surface area contributed by atoms with Crippen LogP contribution in [0.1, 0.15) is 13.2 Å². The maximum atomic E-state index is 11.9. The van der Waals surface area contributed by atoms with Gasteiger partial charge in [-0.25, -0.2) is 4.98 Å². The number of aromatic amines is 1. The number of H-pyrrole nitrogens is 1. The maximum Gasteiger partial charge on any atom is 0.280 e. The van der Waals surface area contributed by atoms with Gasteiger partial charge in [-0.15, -0.1) is 0 Å². The first kappa shape index (κ1) is 15.6. The van der Waals surface area contributed by atoms with Crippen molar-refractivity contribution in [3.8, 4) is 0 Å². The number of hydrogen-bond acceptors (Lipinski definition) is 8. The summed E-state index contributed by atoms with van der Waals surface area (Å²) in [7, 11) is 0. The summed E-state index contributed by atoms with van der Waals surface area (Å²) in [4.78, 5) is 22.3. The van der Waals surface area contributed by atoms with Gasteiger partial charge >= 0.3 is 0 Å². The van der Waals surface area contributed by atoms with Crippen molar-refractivity contribution in [3.63, 3.8) is 0 Å². The molecule has 11 heteroatoms. The van der Waals surface area contributed by atoms with Crippen molar-refractivity contribution in [3.05, 3.63) is 14.2 Å². The molecule has 2 aromatic heterocycles. The summed E-state index contributed by atoms with van der Waals surface area (Å²) in [5.41, 5.74) is 3.49. The molecule has 1 aliphatic heterocycles. The van der Waals surface area contributed by atoms with E-state index in [2.05, 4.69) is 15.0 Å². The molecule has 4 atom stereocenters. The van der Waals surface area contributed by atoms with E-state index in [1.807, 2.05) is 22.6 Å². The molecule has 3 rings (SSSR count). The van der Waals surface area contributed by atoms with Crippen LogP contribution in [0, 0.1) is 3.83 Å². The van der Waals surface area contributed by atoms with Crippen LogP contribution >= 0.6 is 22.6 Å². The predicted octanol–water partition coefficient (Wildman–Crippen LogP) is -1.69. The van der Waals surface area contributed by atoms with Crippen molar-refractivity contribution in [2.75, 3.05) is 12.3 Å². The van der Waals surface area contributed by atoms with Gasteiger partial charge in [0, 0.05) is 22.6 Å². The van der Waals surface area contributed by atoms with Crippen LogP contribution in [0.2, 0.25) is 0 Å². The topological polar surface area (TPSA) is 160 Å². The predicted molar refractivity (Wildman–Crippen MR) is 82.9 cm³/mol. The van der Waals surface area contributed by atoms with E-state index in [-0.39, 0.29) is 17.1 Å². The zero-order valence-corrected chi connectivity index (χ0v) is 13.6. The van der Waals surface area contributed by atoms with Crippen LogP contribution in [0.5, 0.6) is 0 Å². The Bertz CT molecular complexity index is 787. The van der Waals surface area contributed by atoms with Crippen LogP contribution in [-0.2, 0) is 4.74 Å². The molecule has 0 amide bonds. The van der Waals surface area contributed by atoms with Gasteiger partial charge in [-0.2, -0.15) is 4.98 Å². The van der Waals surface area contributed by atoms with E-state index in [0.29, 0.717) is 3.83 Å². The van der Waals surface area contributed by atoms with Gasteiger partial charge in [0.15, 0.2) is 21.2 Å². The molecule has 0 bridgehead atoms. The second kappa shape index (κ2) is 5.13. The fourth-order valence-electron chi connectivity index (χ4n) is 2.55. The van der Waals surface area contributed by atoms with Crippen LogP contribution in [0.4, 0.5) is 5.95 Å². The number of nitrogen functional groups attached to an aromatic ring is 1. The van der Waals surface area contributed by atoms with Crippen molar-refractivity contribution in [1.82, 2.24) is 19.5 Å². The minimum atomic E-state index is -1.71. The molecule has 2 aromatic rings. The highest BCUT2D eigenvalue weighted by molar-refractivity contribution is 14.1. The fraction of sp³-hybridized carbons (Fsp3) is 0.545. The lowest BCUT2D eigenvalue weighted by Gasteiger charge is -2.27. The normalized spacial score (nSPS) is 32.0. The molecule has 0 unspecified atom stereocenters. The first-order valence-corrected chi connectivity index (χ1v) is 7.45. The Balaban J connectivity index is 2.22. The Morgan fingerprint density at radius 3 is 2.82 bits per heavy atom. The van der Waals surface area contributed by atoms with Crippen LogP contribution in [0.25, 0.3) is 11.2 Å². The Hall–Kier alpha value is -1.28.